The monoisotopic (exact) mass is 610 g/mol. The molecule has 238 valence electrons. The summed E-state index contributed by atoms with van der Waals surface area (Å²) in [5.41, 5.74) is 3.28. The second-order valence-corrected chi connectivity index (χ2v) is 11.7. The molecule has 0 spiro atoms. The van der Waals surface area contributed by atoms with Gasteiger partial charge >= 0.3 is 6.18 Å². The van der Waals surface area contributed by atoms with Crippen LogP contribution in [-0.2, 0) is 21.3 Å². The Balaban J connectivity index is 1.77. The Labute approximate surface area is 250 Å². The molecule has 0 unspecified atom stereocenters. The second-order valence-electron chi connectivity index (χ2n) is 11.7. The fraction of sp³-hybridized carbons (Fsp3) is 0.594. The van der Waals surface area contributed by atoms with Crippen LogP contribution in [0, 0.1) is 17.7 Å². The number of nitrogens with two attached hydrogens (primary N) is 1. The maximum absolute atomic E-state index is 15.8. The quantitative estimate of drug-likeness (QED) is 0.237. The highest BCUT2D eigenvalue weighted by molar-refractivity contribution is 5.79. The Morgan fingerprint density at radius 1 is 1.16 bits per heavy atom. The second kappa shape index (κ2) is 13.9. The van der Waals surface area contributed by atoms with Crippen LogP contribution in [0.25, 0.3) is 11.1 Å². The van der Waals surface area contributed by atoms with Crippen molar-refractivity contribution in [2.45, 2.75) is 75.8 Å². The first-order chi connectivity index (χ1) is 20.4. The minimum absolute atomic E-state index is 0.0561. The van der Waals surface area contributed by atoms with E-state index in [9.17, 15) is 28.2 Å². The van der Waals surface area contributed by atoms with E-state index in [-0.39, 0.29) is 54.3 Å². The number of halogens is 4. The Morgan fingerprint density at radius 2 is 1.93 bits per heavy atom. The molecule has 1 saturated heterocycles. The van der Waals surface area contributed by atoms with Gasteiger partial charge in [-0.25, -0.2) is 4.39 Å². The van der Waals surface area contributed by atoms with Gasteiger partial charge in [0.15, 0.2) is 0 Å². The summed E-state index contributed by atoms with van der Waals surface area (Å²) < 4.78 is 68.0. The van der Waals surface area contributed by atoms with E-state index < -0.39 is 47.1 Å². The normalized spacial score (nSPS) is 24.2. The molecule has 0 aromatic heterocycles. The van der Waals surface area contributed by atoms with Crippen LogP contribution in [0.2, 0.25) is 0 Å². The number of aliphatic hydroxyl groups is 2. The minimum atomic E-state index is -4.70. The average Bonchev–Trinajstić information content (AvgIpc) is 3.32. The summed E-state index contributed by atoms with van der Waals surface area (Å²) in [6.07, 6.45) is -2.41. The van der Waals surface area contributed by atoms with Crippen molar-refractivity contribution < 1.29 is 42.0 Å². The maximum atomic E-state index is 15.8. The summed E-state index contributed by atoms with van der Waals surface area (Å²) >= 11 is 0. The summed E-state index contributed by atoms with van der Waals surface area (Å²) in [6, 6.07) is 6.80. The molecule has 4 N–H and O–H groups in total. The number of ether oxygens (including phenoxy) is 2. The summed E-state index contributed by atoms with van der Waals surface area (Å²) in [7, 11) is 1.57. The predicted molar refractivity (Wildman–Crippen MR) is 154 cm³/mol. The number of rotatable bonds is 11. The van der Waals surface area contributed by atoms with Crippen LogP contribution in [-0.4, -0.2) is 66.6 Å². The predicted octanol–water partition coefficient (Wildman–Crippen LogP) is 5.25. The molecule has 1 saturated carbocycles. The van der Waals surface area contributed by atoms with Crippen molar-refractivity contribution in [1.29, 1.82) is 0 Å². The van der Waals surface area contributed by atoms with Gasteiger partial charge in [0, 0.05) is 50.2 Å². The molecule has 7 nitrogen and oxygen atoms in total. The van der Waals surface area contributed by atoms with Crippen LogP contribution >= 0.6 is 0 Å². The van der Waals surface area contributed by atoms with Gasteiger partial charge in [-0.05, 0) is 87.3 Å². The lowest BCUT2D eigenvalue weighted by molar-refractivity contribution is -0.141. The Bertz CT molecular complexity index is 1250. The van der Waals surface area contributed by atoms with E-state index in [0.717, 1.165) is 18.2 Å². The molecule has 0 radical (unpaired) electrons. The zero-order chi connectivity index (χ0) is 31.4. The van der Waals surface area contributed by atoms with Gasteiger partial charge in [0.1, 0.15) is 11.6 Å². The minimum Gasteiger partial charge on any atom is -0.494 e. The van der Waals surface area contributed by atoms with E-state index in [1.807, 2.05) is 0 Å². The number of benzene rings is 2. The molecule has 11 heteroatoms. The van der Waals surface area contributed by atoms with Crippen LogP contribution in [0.1, 0.15) is 63.0 Å². The third-order valence-electron chi connectivity index (χ3n) is 8.80. The smallest absolute Gasteiger partial charge is 0.416 e. The molecule has 1 heterocycles. The number of piperidine rings is 1. The molecule has 43 heavy (non-hydrogen) atoms. The number of hydrogen-bond donors (Lipinski definition) is 3. The molecule has 1 amide bonds. The van der Waals surface area contributed by atoms with E-state index in [1.54, 1.807) is 25.0 Å². The van der Waals surface area contributed by atoms with Gasteiger partial charge in [0.25, 0.3) is 0 Å². The summed E-state index contributed by atoms with van der Waals surface area (Å²) in [4.78, 5) is 15.1. The number of carbonyl (C=O) groups excluding carboxylic acids is 1. The van der Waals surface area contributed by atoms with E-state index >= 15 is 4.39 Å². The number of alkyl halides is 3. The van der Waals surface area contributed by atoms with Crippen molar-refractivity contribution in [1.82, 2.24) is 4.90 Å². The fourth-order valence-electron chi connectivity index (χ4n) is 6.61. The molecule has 2 fully saturated rings. The number of carbonyl (C=O) groups is 1. The third kappa shape index (κ3) is 7.50. The van der Waals surface area contributed by atoms with Gasteiger partial charge in [-0.15, -0.1) is 0 Å². The molecule has 0 bridgehead atoms. The number of unbranched alkanes of at least 4 members (excludes halogenated alkanes) is 1. The largest absolute Gasteiger partial charge is 0.494 e. The number of methoxy groups -OCH3 is 1. The lowest BCUT2D eigenvalue weighted by Crippen LogP contribution is -2.49. The Hall–Kier alpha value is -2.73. The number of likely N-dealkylation sites (tertiary alicyclic amines) is 1. The zero-order valence-corrected chi connectivity index (χ0v) is 24.7. The van der Waals surface area contributed by atoms with Crippen molar-refractivity contribution in [2.75, 3.05) is 33.4 Å². The van der Waals surface area contributed by atoms with Crippen LogP contribution in [0.15, 0.2) is 36.4 Å². The molecular formula is C32H42F4N2O5. The maximum Gasteiger partial charge on any atom is 0.416 e. The van der Waals surface area contributed by atoms with Gasteiger partial charge in [-0.2, -0.15) is 13.2 Å². The first-order valence-corrected chi connectivity index (χ1v) is 15.0. The molecule has 5 atom stereocenters. The molecule has 2 aliphatic rings. The van der Waals surface area contributed by atoms with Gasteiger partial charge in [-0.1, -0.05) is 12.1 Å². The van der Waals surface area contributed by atoms with E-state index in [2.05, 4.69) is 0 Å². The van der Waals surface area contributed by atoms with Crippen molar-refractivity contribution in [3.63, 3.8) is 0 Å². The van der Waals surface area contributed by atoms with Crippen molar-refractivity contribution in [3.8, 4) is 16.9 Å². The lowest BCUT2D eigenvalue weighted by atomic mass is 9.71. The van der Waals surface area contributed by atoms with Gasteiger partial charge in [0.05, 0.1) is 23.9 Å². The highest BCUT2D eigenvalue weighted by Crippen LogP contribution is 2.46. The van der Waals surface area contributed by atoms with Crippen LogP contribution in [0.5, 0.6) is 5.75 Å². The molecule has 1 aliphatic carbocycles. The molecule has 2 aromatic rings. The summed E-state index contributed by atoms with van der Waals surface area (Å²) in [5, 5.41) is 22.7. The third-order valence-corrected chi connectivity index (χ3v) is 8.80. The fourth-order valence-corrected chi connectivity index (χ4v) is 6.61. The van der Waals surface area contributed by atoms with E-state index in [1.165, 1.54) is 12.1 Å². The average molecular weight is 611 g/mol. The topological polar surface area (TPSA) is 105 Å². The van der Waals surface area contributed by atoms with E-state index in [0.29, 0.717) is 45.3 Å². The van der Waals surface area contributed by atoms with Crippen LogP contribution < -0.4 is 10.5 Å². The summed E-state index contributed by atoms with van der Waals surface area (Å²) in [6.45, 7) is 2.85. The highest BCUT2D eigenvalue weighted by atomic mass is 19.4. The first-order valence-electron chi connectivity index (χ1n) is 15.0. The van der Waals surface area contributed by atoms with Gasteiger partial charge in [-0.3, -0.25) is 4.79 Å². The standard InChI is InChI=1S/C32H42F4N2O5/c1-3-43-24-15-20(14-23(18-24)32(34,35)36)29-25(9-6-10-26(29)33)31(41,11-4-5-13-42-2)22-8-7-12-38(19-22)30(40)21-16-27(37)28(39)17-21/h6,9-10,14-15,18,21-22,27-28,39,41H,3-5,7-8,11-13,16-17,19,37H2,1-2H3/t21-,22+,27+,28-,31-/m0/s1. The van der Waals surface area contributed by atoms with Gasteiger partial charge < -0.3 is 30.3 Å². The Morgan fingerprint density at radius 3 is 2.58 bits per heavy atom. The number of amides is 1. The molecule has 2 aromatic carbocycles. The Kier molecular flexibility index (Phi) is 10.7. The van der Waals surface area contributed by atoms with E-state index in [4.69, 9.17) is 15.2 Å². The SMILES string of the molecule is CCOc1cc(-c2c(F)cccc2[C@](O)(CCCCOC)[C@@H]2CCCN(C(=O)[C@H]3C[C@@H](N)[C@@H](O)C3)C2)cc(C(F)(F)F)c1. The first kappa shape index (κ1) is 33.2. The lowest BCUT2D eigenvalue weighted by Gasteiger charge is -2.44. The van der Waals surface area contributed by atoms with Crippen molar-refractivity contribution in [3.05, 3.63) is 53.3 Å². The van der Waals surface area contributed by atoms with Crippen molar-refractivity contribution in [2.24, 2.45) is 17.6 Å². The summed E-state index contributed by atoms with van der Waals surface area (Å²) in [5.74, 6) is -1.92. The van der Waals surface area contributed by atoms with Crippen LogP contribution in [0.3, 0.4) is 0 Å². The molecule has 1 aliphatic heterocycles. The number of hydrogen-bond acceptors (Lipinski definition) is 6. The highest BCUT2D eigenvalue weighted by Gasteiger charge is 2.45. The van der Waals surface area contributed by atoms with Crippen LogP contribution in [0.4, 0.5) is 17.6 Å². The molecular weight excluding hydrogens is 568 g/mol. The van der Waals surface area contributed by atoms with Crippen molar-refractivity contribution >= 4 is 5.91 Å². The van der Waals surface area contributed by atoms with Gasteiger partial charge in [0.2, 0.25) is 5.91 Å². The molecule has 4 rings (SSSR count). The number of nitrogens with zero attached hydrogens (tertiary/aromatic N) is 1. The number of aliphatic hydroxyl groups excluding tert-OH is 1. The zero-order valence-electron chi connectivity index (χ0n) is 24.7.